The van der Waals surface area contributed by atoms with E-state index in [4.69, 9.17) is 23.2 Å². The number of para-hydroxylation sites is 1. The number of carbonyl (C=O) groups excluding carboxylic acids is 2. The van der Waals surface area contributed by atoms with E-state index >= 15 is 0 Å². The largest absolute Gasteiger partial charge is 0.480 e. The Hall–Kier alpha value is -3.98. The zero-order chi connectivity index (χ0) is 27.8. The Labute approximate surface area is 239 Å². The predicted molar refractivity (Wildman–Crippen MR) is 155 cm³/mol. The molecule has 0 fully saturated rings. The Kier molecular flexibility index (Phi) is 9.49. The number of urea groups is 1. The third-order valence-corrected chi connectivity index (χ3v) is 7.26. The zero-order valence-corrected chi connectivity index (χ0v) is 22.7. The summed E-state index contributed by atoms with van der Waals surface area (Å²) in [5, 5.41) is 18.2. The van der Waals surface area contributed by atoms with E-state index < -0.39 is 23.9 Å². The van der Waals surface area contributed by atoms with Crippen molar-refractivity contribution in [3.05, 3.63) is 118 Å². The zero-order valence-electron chi connectivity index (χ0n) is 20.4. The van der Waals surface area contributed by atoms with E-state index in [1.807, 2.05) is 42.5 Å². The Bertz CT molecular complexity index is 1460. The number of carbonyl (C=O) groups is 3. The minimum absolute atomic E-state index is 0.0354. The molecule has 0 aliphatic rings. The maximum Gasteiger partial charge on any atom is 0.326 e. The molecule has 0 saturated heterocycles. The second-order valence-electron chi connectivity index (χ2n) is 8.35. The van der Waals surface area contributed by atoms with Crippen molar-refractivity contribution in [2.45, 2.75) is 22.3 Å². The number of rotatable bonds is 9. The van der Waals surface area contributed by atoms with Gasteiger partial charge >= 0.3 is 12.0 Å². The number of benzene rings is 4. The van der Waals surface area contributed by atoms with Crippen molar-refractivity contribution in [3.63, 3.8) is 0 Å². The molecule has 0 bridgehead atoms. The van der Waals surface area contributed by atoms with E-state index in [0.29, 0.717) is 16.9 Å². The molecule has 39 heavy (non-hydrogen) atoms. The highest BCUT2D eigenvalue weighted by Gasteiger charge is 2.21. The molecule has 0 radical (unpaired) electrons. The van der Waals surface area contributed by atoms with E-state index in [9.17, 15) is 19.5 Å². The molecule has 0 aliphatic heterocycles. The van der Waals surface area contributed by atoms with Gasteiger partial charge in [-0.25, -0.2) is 9.59 Å². The monoisotopic (exact) mass is 579 g/mol. The average molecular weight is 580 g/mol. The molecule has 4 aromatic carbocycles. The van der Waals surface area contributed by atoms with Crippen LogP contribution < -0.4 is 16.0 Å². The maximum atomic E-state index is 12.7. The highest BCUT2D eigenvalue weighted by atomic mass is 35.5. The van der Waals surface area contributed by atoms with Crippen LogP contribution in [0.15, 0.2) is 107 Å². The van der Waals surface area contributed by atoms with Gasteiger partial charge in [0.15, 0.2) is 0 Å². The lowest BCUT2D eigenvalue weighted by molar-refractivity contribution is -0.139. The van der Waals surface area contributed by atoms with Crippen molar-refractivity contribution in [3.8, 4) is 0 Å². The van der Waals surface area contributed by atoms with E-state index in [2.05, 4.69) is 16.0 Å². The van der Waals surface area contributed by atoms with Crippen LogP contribution >= 0.6 is 35.0 Å². The van der Waals surface area contributed by atoms with Gasteiger partial charge in [0, 0.05) is 21.9 Å². The third-order valence-electron chi connectivity index (χ3n) is 5.55. The normalized spacial score (nSPS) is 11.3. The van der Waals surface area contributed by atoms with Gasteiger partial charge in [-0.05, 0) is 54.1 Å². The average Bonchev–Trinajstić information content (AvgIpc) is 2.91. The first kappa shape index (κ1) is 28.0. The molecular formula is C29H23Cl2N3O4S. The number of carboxylic acids is 1. The van der Waals surface area contributed by atoms with E-state index in [-0.39, 0.29) is 22.0 Å². The minimum atomic E-state index is -1.18. The fourth-order valence-electron chi connectivity index (χ4n) is 3.66. The molecule has 3 amide bonds. The minimum Gasteiger partial charge on any atom is -0.480 e. The van der Waals surface area contributed by atoms with Crippen LogP contribution in [0.4, 0.5) is 16.2 Å². The first-order chi connectivity index (χ1) is 18.8. The Morgan fingerprint density at radius 1 is 0.769 bits per heavy atom. The third kappa shape index (κ3) is 7.77. The molecule has 4 aromatic rings. The molecule has 0 heterocycles. The van der Waals surface area contributed by atoms with Crippen molar-refractivity contribution in [1.29, 1.82) is 0 Å². The van der Waals surface area contributed by atoms with Crippen LogP contribution in [0.5, 0.6) is 0 Å². The summed E-state index contributed by atoms with van der Waals surface area (Å²) in [6, 6.07) is 26.6. The number of aliphatic carboxylic acids is 1. The molecule has 0 aromatic heterocycles. The summed E-state index contributed by atoms with van der Waals surface area (Å²) in [5.41, 5.74) is 1.85. The highest BCUT2D eigenvalue weighted by Crippen LogP contribution is 2.33. The van der Waals surface area contributed by atoms with Gasteiger partial charge in [-0.3, -0.25) is 4.79 Å². The van der Waals surface area contributed by atoms with Gasteiger partial charge in [-0.2, -0.15) is 0 Å². The second kappa shape index (κ2) is 13.2. The molecule has 7 nitrogen and oxygen atoms in total. The van der Waals surface area contributed by atoms with Gasteiger partial charge in [0.1, 0.15) is 6.04 Å². The van der Waals surface area contributed by atoms with Crippen molar-refractivity contribution in [2.75, 3.05) is 10.6 Å². The molecule has 0 spiro atoms. The molecule has 10 heteroatoms. The lowest BCUT2D eigenvalue weighted by Gasteiger charge is -2.17. The second-order valence-corrected chi connectivity index (χ2v) is 10.3. The van der Waals surface area contributed by atoms with Crippen LogP contribution in [0.3, 0.4) is 0 Å². The lowest BCUT2D eigenvalue weighted by atomic mass is 10.1. The molecule has 1 atom stereocenters. The summed E-state index contributed by atoms with van der Waals surface area (Å²) >= 11 is 13.7. The number of nitrogens with one attached hydrogen (secondary N) is 3. The Morgan fingerprint density at radius 3 is 2.08 bits per heavy atom. The number of amides is 3. The SMILES string of the molecule is O=C(Nc1ccccc1Sc1ccccc1)NC(Cc1ccc(NC(=O)c2c(Cl)cccc2Cl)cc1)C(=O)O. The van der Waals surface area contributed by atoms with Crippen LogP contribution in [0, 0.1) is 0 Å². The van der Waals surface area contributed by atoms with Crippen LogP contribution in [-0.2, 0) is 11.2 Å². The first-order valence-electron chi connectivity index (χ1n) is 11.8. The number of hydrogen-bond acceptors (Lipinski definition) is 4. The molecule has 198 valence electrons. The van der Waals surface area contributed by atoms with Gasteiger partial charge < -0.3 is 21.1 Å². The molecule has 4 rings (SSSR count). The summed E-state index contributed by atoms with van der Waals surface area (Å²) in [4.78, 5) is 39.0. The summed E-state index contributed by atoms with van der Waals surface area (Å²) in [6.07, 6.45) is 0.0354. The number of hydrogen-bond donors (Lipinski definition) is 4. The van der Waals surface area contributed by atoms with Crippen molar-refractivity contribution < 1.29 is 19.5 Å². The Morgan fingerprint density at radius 2 is 1.41 bits per heavy atom. The summed E-state index contributed by atoms with van der Waals surface area (Å²) < 4.78 is 0. The van der Waals surface area contributed by atoms with Gasteiger partial charge in [0.25, 0.3) is 5.91 Å². The van der Waals surface area contributed by atoms with Crippen molar-refractivity contribution in [1.82, 2.24) is 5.32 Å². The fraction of sp³-hybridized carbons (Fsp3) is 0.0690. The van der Waals surface area contributed by atoms with Crippen LogP contribution in [-0.4, -0.2) is 29.1 Å². The smallest absolute Gasteiger partial charge is 0.326 e. The summed E-state index contributed by atoms with van der Waals surface area (Å²) in [7, 11) is 0. The molecular weight excluding hydrogens is 557 g/mol. The predicted octanol–water partition coefficient (Wildman–Crippen LogP) is 7.21. The van der Waals surface area contributed by atoms with E-state index in [0.717, 1.165) is 9.79 Å². The Balaban J connectivity index is 1.38. The van der Waals surface area contributed by atoms with Crippen molar-refractivity contribution >= 4 is 64.2 Å². The number of anilines is 2. The van der Waals surface area contributed by atoms with Gasteiger partial charge in [0.2, 0.25) is 0 Å². The number of halogens is 2. The van der Waals surface area contributed by atoms with Crippen LogP contribution in [0.25, 0.3) is 0 Å². The van der Waals surface area contributed by atoms with E-state index in [1.54, 1.807) is 54.6 Å². The summed E-state index contributed by atoms with van der Waals surface area (Å²) in [5.74, 6) is -1.64. The van der Waals surface area contributed by atoms with E-state index in [1.165, 1.54) is 11.8 Å². The number of carboxylic acid groups (broad SMARTS) is 1. The van der Waals surface area contributed by atoms with Gasteiger partial charge in [0.05, 0.1) is 21.3 Å². The molecule has 0 aliphatic carbocycles. The quantitative estimate of drug-likeness (QED) is 0.167. The topological polar surface area (TPSA) is 108 Å². The molecule has 4 N–H and O–H groups in total. The fourth-order valence-corrected chi connectivity index (χ4v) is 5.15. The maximum absolute atomic E-state index is 12.7. The summed E-state index contributed by atoms with van der Waals surface area (Å²) in [6.45, 7) is 0. The van der Waals surface area contributed by atoms with Crippen LogP contribution in [0.2, 0.25) is 10.0 Å². The van der Waals surface area contributed by atoms with Crippen LogP contribution in [0.1, 0.15) is 15.9 Å². The standard InChI is InChI=1S/C29H23Cl2N3O4S/c30-21-9-6-10-22(31)26(21)27(35)32-19-15-13-18(14-16-19)17-24(28(36)37)34-29(38)33-23-11-4-5-12-25(23)39-20-7-2-1-3-8-20/h1-16,24H,17H2,(H,32,35)(H,36,37)(H2,33,34,38). The highest BCUT2D eigenvalue weighted by molar-refractivity contribution is 7.99. The van der Waals surface area contributed by atoms with Gasteiger partial charge in [-0.15, -0.1) is 0 Å². The first-order valence-corrected chi connectivity index (χ1v) is 13.3. The molecule has 1 unspecified atom stereocenters. The van der Waals surface area contributed by atoms with Gasteiger partial charge in [-0.1, -0.05) is 83.5 Å². The van der Waals surface area contributed by atoms with Crippen molar-refractivity contribution in [2.24, 2.45) is 0 Å². The molecule has 0 saturated carbocycles. The lowest BCUT2D eigenvalue weighted by Crippen LogP contribution is -2.44.